The lowest BCUT2D eigenvalue weighted by atomic mass is 10.1. The lowest BCUT2D eigenvalue weighted by Gasteiger charge is -2.34. The van der Waals surface area contributed by atoms with E-state index in [0.717, 1.165) is 10.6 Å². The number of piperazine rings is 1. The van der Waals surface area contributed by atoms with Gasteiger partial charge in [0.1, 0.15) is 16.8 Å². The Bertz CT molecular complexity index is 1540. The molecule has 11 nitrogen and oxygen atoms in total. The summed E-state index contributed by atoms with van der Waals surface area (Å²) in [4.78, 5) is 23.4. The first-order valence-electron chi connectivity index (χ1n) is 11.6. The smallest absolute Gasteiger partial charge is 0.257 e. The fraction of sp³-hybridized carbons (Fsp3) is 0.292. The van der Waals surface area contributed by atoms with Crippen molar-refractivity contribution in [3.8, 4) is 0 Å². The maximum atomic E-state index is 13.2. The summed E-state index contributed by atoms with van der Waals surface area (Å²) in [6, 6.07) is 13.8. The van der Waals surface area contributed by atoms with Gasteiger partial charge in [0, 0.05) is 45.0 Å². The summed E-state index contributed by atoms with van der Waals surface area (Å²) in [5.74, 6) is 0.674. The third-order valence-corrected chi connectivity index (χ3v) is 9.39. The average molecular weight is 579 g/mol. The minimum absolute atomic E-state index is 0.0992. The van der Waals surface area contributed by atoms with Crippen LogP contribution < -0.4 is 14.5 Å². The van der Waals surface area contributed by atoms with E-state index < -0.39 is 26.0 Å². The molecule has 202 valence electrons. The molecule has 0 aliphatic carbocycles. The van der Waals surface area contributed by atoms with Crippen LogP contribution in [0.15, 0.2) is 59.5 Å². The van der Waals surface area contributed by atoms with E-state index in [9.17, 15) is 21.6 Å². The molecule has 1 saturated heterocycles. The topological polar surface area (TPSA) is 133 Å². The van der Waals surface area contributed by atoms with Gasteiger partial charge in [-0.05, 0) is 43.3 Å². The molecular formula is C24H27ClN6O5S2. The number of carbonyl (C=O) groups is 1. The third-order valence-electron chi connectivity index (χ3n) is 6.09. The first-order chi connectivity index (χ1) is 17.9. The summed E-state index contributed by atoms with van der Waals surface area (Å²) in [6.45, 7) is 3.18. The largest absolute Gasteiger partial charge is 0.354 e. The lowest BCUT2D eigenvalue weighted by molar-refractivity contribution is 0.102. The number of aryl methyl sites for hydroxylation is 1. The maximum Gasteiger partial charge on any atom is 0.257 e. The second-order valence-corrected chi connectivity index (χ2v) is 13.1. The molecule has 1 N–H and O–H groups in total. The van der Waals surface area contributed by atoms with Crippen molar-refractivity contribution in [3.05, 3.63) is 71.1 Å². The van der Waals surface area contributed by atoms with E-state index in [0.29, 0.717) is 35.6 Å². The molecular weight excluding hydrogens is 552 g/mol. The lowest BCUT2D eigenvalue weighted by Crippen LogP contribution is -2.49. The molecule has 0 spiro atoms. The average Bonchev–Trinajstić information content (AvgIpc) is 2.87. The van der Waals surface area contributed by atoms with Gasteiger partial charge in [0.05, 0.1) is 22.4 Å². The molecule has 4 rings (SSSR count). The van der Waals surface area contributed by atoms with Crippen molar-refractivity contribution in [1.29, 1.82) is 0 Å². The van der Waals surface area contributed by atoms with Gasteiger partial charge in [-0.25, -0.2) is 26.8 Å². The van der Waals surface area contributed by atoms with Gasteiger partial charge < -0.3 is 10.2 Å². The number of halogens is 1. The molecule has 0 bridgehead atoms. The molecule has 3 aromatic rings. The Morgan fingerprint density at radius 1 is 0.974 bits per heavy atom. The molecule has 0 saturated carbocycles. The maximum absolute atomic E-state index is 13.2. The quantitative estimate of drug-likeness (QED) is 0.423. The molecule has 2 aromatic carbocycles. The first-order valence-corrected chi connectivity index (χ1v) is 15.2. The number of anilines is 3. The van der Waals surface area contributed by atoms with E-state index in [2.05, 4.69) is 15.3 Å². The number of hydrogen-bond donors (Lipinski definition) is 1. The number of sulfonamides is 2. The summed E-state index contributed by atoms with van der Waals surface area (Å²) in [7, 11) is -5.96. The second kappa shape index (κ2) is 10.8. The Morgan fingerprint density at radius 2 is 1.61 bits per heavy atom. The predicted molar refractivity (Wildman–Crippen MR) is 147 cm³/mol. The number of rotatable bonds is 7. The van der Waals surface area contributed by atoms with Crippen molar-refractivity contribution < 1.29 is 21.6 Å². The van der Waals surface area contributed by atoms with Crippen molar-refractivity contribution in [1.82, 2.24) is 14.3 Å². The van der Waals surface area contributed by atoms with Crippen LogP contribution in [0, 0.1) is 6.92 Å². The number of amides is 1. The Kier molecular flexibility index (Phi) is 7.93. The normalized spacial score (nSPS) is 14.8. The van der Waals surface area contributed by atoms with Gasteiger partial charge in [-0.2, -0.15) is 4.31 Å². The zero-order valence-electron chi connectivity index (χ0n) is 21.0. The molecule has 1 aliphatic rings. The van der Waals surface area contributed by atoms with Gasteiger partial charge in [-0.3, -0.25) is 9.10 Å². The Morgan fingerprint density at radius 3 is 2.21 bits per heavy atom. The number of nitrogens with zero attached hydrogens (tertiary/aromatic N) is 5. The Hall–Kier alpha value is -3.26. The SMILES string of the molecule is Cc1nc(Cl)cc(N2CCN(S(=O)(=O)c3ccc(NC(=O)c4ccccc4N(C)S(C)(=O)=O)cc3)CC2)n1. The van der Waals surface area contributed by atoms with E-state index in [4.69, 9.17) is 11.6 Å². The van der Waals surface area contributed by atoms with E-state index >= 15 is 0 Å². The van der Waals surface area contributed by atoms with Gasteiger partial charge in [0.25, 0.3) is 5.91 Å². The number of carbonyl (C=O) groups excluding carboxylic acids is 1. The van der Waals surface area contributed by atoms with Crippen molar-refractivity contribution in [3.63, 3.8) is 0 Å². The highest BCUT2D eigenvalue weighted by Gasteiger charge is 2.29. The summed E-state index contributed by atoms with van der Waals surface area (Å²) in [6.07, 6.45) is 1.05. The number of benzene rings is 2. The predicted octanol–water partition coefficient (Wildman–Crippen LogP) is 2.60. The summed E-state index contributed by atoms with van der Waals surface area (Å²) in [5, 5.41) is 3.03. The van der Waals surface area contributed by atoms with Crippen LogP contribution in [-0.4, -0.2) is 76.5 Å². The van der Waals surface area contributed by atoms with Crippen LogP contribution in [0.2, 0.25) is 5.15 Å². The van der Waals surface area contributed by atoms with Gasteiger partial charge in [-0.1, -0.05) is 23.7 Å². The zero-order chi connectivity index (χ0) is 27.7. The third kappa shape index (κ3) is 6.07. The summed E-state index contributed by atoms with van der Waals surface area (Å²) < 4.78 is 52.8. The molecule has 1 aromatic heterocycles. The Labute approximate surface area is 227 Å². The van der Waals surface area contributed by atoms with Crippen LogP contribution in [0.25, 0.3) is 0 Å². The first kappa shape index (κ1) is 27.8. The van der Waals surface area contributed by atoms with Crippen LogP contribution in [0.4, 0.5) is 17.2 Å². The molecule has 1 fully saturated rings. The van der Waals surface area contributed by atoms with Crippen molar-refractivity contribution in [2.24, 2.45) is 0 Å². The fourth-order valence-corrected chi connectivity index (χ4v) is 6.17. The van der Waals surface area contributed by atoms with Crippen LogP contribution in [-0.2, 0) is 20.0 Å². The van der Waals surface area contributed by atoms with Crippen molar-refractivity contribution in [2.75, 3.05) is 54.0 Å². The summed E-state index contributed by atoms with van der Waals surface area (Å²) in [5.41, 5.74) is 0.756. The molecule has 1 amide bonds. The molecule has 38 heavy (non-hydrogen) atoms. The van der Waals surface area contributed by atoms with Crippen LogP contribution >= 0.6 is 11.6 Å². The number of aromatic nitrogens is 2. The van der Waals surface area contributed by atoms with Gasteiger partial charge in [0.2, 0.25) is 20.0 Å². The standard InChI is InChI=1S/C24H27ClN6O5S2/c1-17-26-22(25)16-23(27-17)30-12-14-31(15-13-30)38(35,36)19-10-8-18(9-11-19)28-24(32)20-6-4-5-7-21(20)29(2)37(3,33)34/h4-11,16H,12-15H2,1-3H3,(H,28,32). The Balaban J connectivity index is 1.44. The van der Waals surface area contributed by atoms with Crippen LogP contribution in [0.1, 0.15) is 16.2 Å². The molecule has 0 atom stereocenters. The van der Waals surface area contributed by atoms with E-state index in [1.807, 2.05) is 4.90 Å². The number of hydrogen-bond acceptors (Lipinski definition) is 8. The number of para-hydroxylation sites is 1. The minimum atomic E-state index is -3.75. The van der Waals surface area contributed by atoms with Gasteiger partial charge in [-0.15, -0.1) is 0 Å². The molecule has 14 heteroatoms. The van der Waals surface area contributed by atoms with Crippen LogP contribution in [0.3, 0.4) is 0 Å². The monoisotopic (exact) mass is 578 g/mol. The fourth-order valence-electron chi connectivity index (χ4n) is 4.01. The molecule has 0 radical (unpaired) electrons. The highest BCUT2D eigenvalue weighted by atomic mass is 35.5. The van der Waals surface area contributed by atoms with E-state index in [-0.39, 0.29) is 29.2 Å². The highest BCUT2D eigenvalue weighted by Crippen LogP contribution is 2.25. The van der Waals surface area contributed by atoms with Crippen LogP contribution in [0.5, 0.6) is 0 Å². The van der Waals surface area contributed by atoms with E-state index in [1.165, 1.54) is 47.8 Å². The minimum Gasteiger partial charge on any atom is -0.354 e. The molecule has 2 heterocycles. The molecule has 0 unspecified atom stereocenters. The summed E-state index contributed by atoms with van der Waals surface area (Å²) >= 11 is 6.03. The highest BCUT2D eigenvalue weighted by molar-refractivity contribution is 7.92. The zero-order valence-corrected chi connectivity index (χ0v) is 23.4. The second-order valence-electron chi connectivity index (χ2n) is 8.71. The van der Waals surface area contributed by atoms with E-state index in [1.54, 1.807) is 25.1 Å². The van der Waals surface area contributed by atoms with Gasteiger partial charge >= 0.3 is 0 Å². The van der Waals surface area contributed by atoms with Crippen molar-refractivity contribution >= 4 is 54.7 Å². The number of nitrogens with one attached hydrogen (secondary N) is 1. The molecule has 1 aliphatic heterocycles. The van der Waals surface area contributed by atoms with Gasteiger partial charge in [0.15, 0.2) is 0 Å². The van der Waals surface area contributed by atoms with Crippen molar-refractivity contribution in [2.45, 2.75) is 11.8 Å².